The second kappa shape index (κ2) is 6.22. The van der Waals surface area contributed by atoms with E-state index in [1.807, 2.05) is 24.5 Å². The minimum atomic E-state index is 0.878. The highest BCUT2D eigenvalue weighted by Crippen LogP contribution is 2.27. The molecule has 3 aromatic rings. The van der Waals surface area contributed by atoms with Gasteiger partial charge in [0.15, 0.2) is 0 Å². The van der Waals surface area contributed by atoms with Crippen LogP contribution in [0.2, 0.25) is 0 Å². The molecule has 0 aliphatic carbocycles. The Kier molecular flexibility index (Phi) is 3.93. The van der Waals surface area contributed by atoms with E-state index in [1.165, 1.54) is 27.3 Å². The van der Waals surface area contributed by atoms with Crippen molar-refractivity contribution in [1.82, 2.24) is 14.9 Å². The lowest BCUT2D eigenvalue weighted by Gasteiger charge is -2.27. The highest BCUT2D eigenvalue weighted by Gasteiger charge is 2.18. The van der Waals surface area contributed by atoms with E-state index < -0.39 is 0 Å². The molecule has 0 radical (unpaired) electrons. The predicted molar refractivity (Wildman–Crippen MR) is 94.3 cm³/mol. The van der Waals surface area contributed by atoms with E-state index in [9.17, 15) is 0 Å². The third-order valence-electron chi connectivity index (χ3n) is 4.27. The smallest absolute Gasteiger partial charge is 0.125 e. The van der Waals surface area contributed by atoms with Gasteiger partial charge in [-0.05, 0) is 29.5 Å². The van der Waals surface area contributed by atoms with E-state index >= 15 is 0 Å². The first-order valence-electron chi connectivity index (χ1n) is 7.94. The summed E-state index contributed by atoms with van der Waals surface area (Å²) in [7, 11) is 0. The third kappa shape index (κ3) is 3.19. The van der Waals surface area contributed by atoms with Crippen molar-refractivity contribution >= 4 is 11.3 Å². The van der Waals surface area contributed by atoms with Gasteiger partial charge in [-0.1, -0.05) is 30.3 Å². The summed E-state index contributed by atoms with van der Waals surface area (Å²) in [6, 6.07) is 12.9. The summed E-state index contributed by atoms with van der Waals surface area (Å²) in [5, 5.41) is 2.26. The molecule has 4 heteroatoms. The predicted octanol–water partition coefficient (Wildman–Crippen LogP) is 4.07. The molecule has 0 saturated carbocycles. The molecule has 3 nitrogen and oxygen atoms in total. The Morgan fingerprint density at radius 2 is 2.04 bits per heavy atom. The van der Waals surface area contributed by atoms with Gasteiger partial charge in [-0.3, -0.25) is 4.90 Å². The molecule has 2 aromatic heterocycles. The van der Waals surface area contributed by atoms with Gasteiger partial charge in [-0.25, -0.2) is 9.97 Å². The fourth-order valence-electron chi connectivity index (χ4n) is 3.08. The summed E-state index contributed by atoms with van der Waals surface area (Å²) in [6.07, 6.45) is 3.02. The van der Waals surface area contributed by atoms with Crippen molar-refractivity contribution in [3.63, 3.8) is 0 Å². The Hall–Kier alpha value is -2.04. The Morgan fingerprint density at radius 3 is 2.91 bits per heavy atom. The summed E-state index contributed by atoms with van der Waals surface area (Å²) in [5.74, 6) is 0.878. The molecule has 1 aromatic carbocycles. The van der Waals surface area contributed by atoms with Crippen LogP contribution in [0.4, 0.5) is 0 Å². The number of aryl methyl sites for hydroxylation is 1. The maximum absolute atomic E-state index is 4.56. The first kappa shape index (κ1) is 14.5. The number of hydrogen-bond donors (Lipinski definition) is 0. The zero-order chi connectivity index (χ0) is 15.6. The normalized spacial score (nSPS) is 14.7. The lowest BCUT2D eigenvalue weighted by molar-refractivity contribution is 0.245. The van der Waals surface area contributed by atoms with Gasteiger partial charge in [-0.2, -0.15) is 0 Å². The second-order valence-corrected chi connectivity index (χ2v) is 7.01. The molecule has 0 fully saturated rings. The van der Waals surface area contributed by atoms with Crippen molar-refractivity contribution in [3.05, 3.63) is 69.9 Å². The van der Waals surface area contributed by atoms with Crippen molar-refractivity contribution in [2.45, 2.75) is 26.4 Å². The molecule has 1 aliphatic heterocycles. The second-order valence-electron chi connectivity index (χ2n) is 6.02. The van der Waals surface area contributed by atoms with E-state index in [-0.39, 0.29) is 0 Å². The van der Waals surface area contributed by atoms with E-state index in [2.05, 4.69) is 56.6 Å². The van der Waals surface area contributed by atoms with Crippen LogP contribution in [0, 0.1) is 6.92 Å². The number of thiophene rings is 1. The number of benzene rings is 1. The zero-order valence-corrected chi connectivity index (χ0v) is 14.0. The van der Waals surface area contributed by atoms with Gasteiger partial charge < -0.3 is 0 Å². The van der Waals surface area contributed by atoms with Crippen LogP contribution < -0.4 is 0 Å². The summed E-state index contributed by atoms with van der Waals surface area (Å²) >= 11 is 1.85. The molecule has 116 valence electrons. The number of fused-ring (bicyclic) bond motifs is 1. The highest BCUT2D eigenvalue weighted by atomic mass is 32.1. The summed E-state index contributed by atoms with van der Waals surface area (Å²) in [6.45, 7) is 4.99. The monoisotopic (exact) mass is 321 g/mol. The Balaban J connectivity index is 1.47. The standard InChI is InChI=1S/C19H19N3S/c1-14-20-10-17-11-22(8-7-19(17)21-14)12-18-9-16(13-23-18)15-5-3-2-4-6-15/h2-6,9-10,13H,7-8,11-12H2,1H3. The van der Waals surface area contributed by atoms with Gasteiger partial charge in [-0.15, -0.1) is 11.3 Å². The number of nitrogens with zero attached hydrogens (tertiary/aromatic N) is 3. The Bertz CT molecular complexity index is 810. The first-order valence-corrected chi connectivity index (χ1v) is 8.82. The average molecular weight is 321 g/mol. The Labute approximate surface area is 140 Å². The third-order valence-corrected chi connectivity index (χ3v) is 5.20. The average Bonchev–Trinajstić information content (AvgIpc) is 3.04. The summed E-state index contributed by atoms with van der Waals surface area (Å²) in [5.41, 5.74) is 5.12. The lowest BCUT2D eigenvalue weighted by atomic mass is 10.1. The number of hydrogen-bond acceptors (Lipinski definition) is 4. The maximum atomic E-state index is 4.56. The molecular weight excluding hydrogens is 302 g/mol. The van der Waals surface area contributed by atoms with Crippen molar-refractivity contribution in [1.29, 1.82) is 0 Å². The van der Waals surface area contributed by atoms with Crippen molar-refractivity contribution in [2.24, 2.45) is 0 Å². The molecule has 4 rings (SSSR count). The fourth-order valence-corrected chi connectivity index (χ4v) is 4.01. The van der Waals surface area contributed by atoms with Crippen LogP contribution in [0.1, 0.15) is 22.0 Å². The van der Waals surface area contributed by atoms with Crippen LogP contribution in [0.25, 0.3) is 11.1 Å². The number of rotatable bonds is 3. The minimum absolute atomic E-state index is 0.878. The minimum Gasteiger partial charge on any atom is -0.293 e. The molecule has 0 amide bonds. The number of aromatic nitrogens is 2. The lowest BCUT2D eigenvalue weighted by Crippen LogP contribution is -2.30. The molecule has 23 heavy (non-hydrogen) atoms. The van der Waals surface area contributed by atoms with Gasteiger partial charge in [0.1, 0.15) is 5.82 Å². The largest absolute Gasteiger partial charge is 0.293 e. The SMILES string of the molecule is Cc1ncc2c(n1)CCN(Cc1cc(-c3ccccc3)cs1)C2. The van der Waals surface area contributed by atoms with E-state index in [4.69, 9.17) is 0 Å². The van der Waals surface area contributed by atoms with Crippen LogP contribution in [0.15, 0.2) is 48.0 Å². The maximum Gasteiger partial charge on any atom is 0.125 e. The van der Waals surface area contributed by atoms with Crippen molar-refractivity contribution in [3.8, 4) is 11.1 Å². The quantitative estimate of drug-likeness (QED) is 0.728. The van der Waals surface area contributed by atoms with Crippen LogP contribution in [0.3, 0.4) is 0 Å². The summed E-state index contributed by atoms with van der Waals surface area (Å²) < 4.78 is 0. The molecule has 3 heterocycles. The van der Waals surface area contributed by atoms with E-state index in [0.29, 0.717) is 0 Å². The van der Waals surface area contributed by atoms with Crippen molar-refractivity contribution < 1.29 is 0 Å². The van der Waals surface area contributed by atoms with Gasteiger partial charge in [0.05, 0.1) is 0 Å². The molecule has 0 atom stereocenters. The van der Waals surface area contributed by atoms with Crippen LogP contribution >= 0.6 is 11.3 Å². The molecule has 0 N–H and O–H groups in total. The Morgan fingerprint density at radius 1 is 1.17 bits per heavy atom. The molecule has 0 unspecified atom stereocenters. The van der Waals surface area contributed by atoms with Crippen LogP contribution in [-0.4, -0.2) is 21.4 Å². The van der Waals surface area contributed by atoms with Gasteiger partial charge in [0, 0.05) is 48.4 Å². The molecule has 1 aliphatic rings. The molecule has 0 saturated heterocycles. The fraction of sp³-hybridized carbons (Fsp3) is 0.263. The van der Waals surface area contributed by atoms with E-state index in [0.717, 1.165) is 31.9 Å². The molecule has 0 bridgehead atoms. The van der Waals surface area contributed by atoms with Gasteiger partial charge in [0.2, 0.25) is 0 Å². The van der Waals surface area contributed by atoms with Crippen LogP contribution in [0.5, 0.6) is 0 Å². The molecule has 0 spiro atoms. The topological polar surface area (TPSA) is 29.0 Å². The highest BCUT2D eigenvalue weighted by molar-refractivity contribution is 7.10. The van der Waals surface area contributed by atoms with E-state index in [1.54, 1.807) is 0 Å². The van der Waals surface area contributed by atoms with Gasteiger partial charge in [0.25, 0.3) is 0 Å². The summed E-state index contributed by atoms with van der Waals surface area (Å²) in [4.78, 5) is 12.8. The van der Waals surface area contributed by atoms with Crippen molar-refractivity contribution in [2.75, 3.05) is 6.54 Å². The van der Waals surface area contributed by atoms with Gasteiger partial charge >= 0.3 is 0 Å². The van der Waals surface area contributed by atoms with Crippen LogP contribution in [-0.2, 0) is 19.5 Å². The molecular formula is C19H19N3S. The zero-order valence-electron chi connectivity index (χ0n) is 13.2. The first-order chi connectivity index (χ1) is 11.3.